The fourth-order valence-electron chi connectivity index (χ4n) is 2.50. The van der Waals surface area contributed by atoms with Crippen molar-refractivity contribution in [1.29, 1.82) is 0 Å². The summed E-state index contributed by atoms with van der Waals surface area (Å²) in [5.74, 6) is -0.158. The molecule has 2 rings (SSSR count). The molecule has 3 heteroatoms. The monoisotopic (exact) mass is 248 g/mol. The first-order valence-corrected chi connectivity index (χ1v) is 6.51. The van der Waals surface area contributed by atoms with Gasteiger partial charge in [-0.1, -0.05) is 17.7 Å². The maximum atomic E-state index is 13.4. The molecule has 0 saturated carbocycles. The van der Waals surface area contributed by atoms with Crippen LogP contribution in [0.15, 0.2) is 36.4 Å². The molecular weight excluding hydrogens is 227 g/mol. The number of halogens is 1. The van der Waals surface area contributed by atoms with E-state index in [0.29, 0.717) is 0 Å². The van der Waals surface area contributed by atoms with Gasteiger partial charge in [0.25, 0.3) is 0 Å². The Morgan fingerprint density at radius 2 is 2.17 bits per heavy atom. The Morgan fingerprint density at radius 1 is 1.44 bits per heavy atom. The van der Waals surface area contributed by atoms with E-state index in [1.807, 2.05) is 13.0 Å². The Bertz CT molecular complexity index is 411. The third-order valence-corrected chi connectivity index (χ3v) is 3.37. The molecule has 18 heavy (non-hydrogen) atoms. The van der Waals surface area contributed by atoms with E-state index in [9.17, 15) is 4.39 Å². The molecule has 1 fully saturated rings. The molecule has 0 bridgehead atoms. The number of piperazine rings is 1. The number of benzene rings is 1. The van der Waals surface area contributed by atoms with Gasteiger partial charge in [-0.2, -0.15) is 0 Å². The molecule has 0 radical (unpaired) electrons. The van der Waals surface area contributed by atoms with E-state index in [-0.39, 0.29) is 11.9 Å². The van der Waals surface area contributed by atoms with Gasteiger partial charge in [0.05, 0.1) is 0 Å². The second kappa shape index (κ2) is 6.12. The first kappa shape index (κ1) is 13.2. The number of hydrogen-bond donors (Lipinski definition) is 1. The van der Waals surface area contributed by atoms with Crippen LogP contribution < -0.4 is 5.32 Å². The summed E-state index contributed by atoms with van der Waals surface area (Å²) in [7, 11) is 0. The van der Waals surface area contributed by atoms with E-state index in [1.54, 1.807) is 12.1 Å². The molecule has 1 aromatic carbocycles. The second-order valence-electron chi connectivity index (χ2n) is 5.02. The van der Waals surface area contributed by atoms with Crippen molar-refractivity contribution in [3.8, 4) is 0 Å². The van der Waals surface area contributed by atoms with Crippen LogP contribution in [0.4, 0.5) is 4.39 Å². The fourth-order valence-corrected chi connectivity index (χ4v) is 2.50. The number of nitrogens with zero attached hydrogens (tertiary/aromatic N) is 1. The van der Waals surface area contributed by atoms with Crippen LogP contribution in [0.25, 0.3) is 0 Å². The van der Waals surface area contributed by atoms with E-state index in [4.69, 9.17) is 0 Å². The van der Waals surface area contributed by atoms with E-state index >= 15 is 0 Å². The van der Waals surface area contributed by atoms with E-state index in [0.717, 1.165) is 43.7 Å². The highest BCUT2D eigenvalue weighted by atomic mass is 19.1. The Balaban J connectivity index is 2.20. The van der Waals surface area contributed by atoms with Crippen LogP contribution in [0.3, 0.4) is 0 Å². The highest BCUT2D eigenvalue weighted by Crippen LogP contribution is 2.27. The SMILES string of the molecule is C=C(C)C[C@@H](c1cccc(F)c1)N1CCNCC1. The van der Waals surface area contributed by atoms with Crippen LogP contribution in [0.1, 0.15) is 24.9 Å². The summed E-state index contributed by atoms with van der Waals surface area (Å²) in [4.78, 5) is 2.42. The van der Waals surface area contributed by atoms with Crippen LogP contribution in [0.5, 0.6) is 0 Å². The van der Waals surface area contributed by atoms with Crippen LogP contribution in [0.2, 0.25) is 0 Å². The summed E-state index contributed by atoms with van der Waals surface area (Å²) in [6.45, 7) is 10.1. The van der Waals surface area contributed by atoms with Crippen molar-refractivity contribution >= 4 is 0 Å². The maximum Gasteiger partial charge on any atom is 0.123 e. The second-order valence-corrected chi connectivity index (χ2v) is 5.02. The van der Waals surface area contributed by atoms with Crippen LogP contribution in [-0.2, 0) is 0 Å². The smallest absolute Gasteiger partial charge is 0.123 e. The van der Waals surface area contributed by atoms with Gasteiger partial charge in [-0.3, -0.25) is 4.90 Å². The number of nitrogens with one attached hydrogen (secondary N) is 1. The number of hydrogen-bond acceptors (Lipinski definition) is 2. The summed E-state index contributed by atoms with van der Waals surface area (Å²) in [6.07, 6.45) is 0.892. The molecule has 0 aromatic heterocycles. The van der Waals surface area contributed by atoms with Crippen LogP contribution >= 0.6 is 0 Å². The minimum Gasteiger partial charge on any atom is -0.314 e. The van der Waals surface area contributed by atoms with Gasteiger partial charge >= 0.3 is 0 Å². The molecule has 98 valence electrons. The Kier molecular flexibility index (Phi) is 4.50. The van der Waals surface area contributed by atoms with Crippen molar-refractivity contribution < 1.29 is 4.39 Å². The molecule has 1 N–H and O–H groups in total. The van der Waals surface area contributed by atoms with Crippen molar-refractivity contribution in [2.45, 2.75) is 19.4 Å². The van der Waals surface area contributed by atoms with Gasteiger partial charge in [-0.05, 0) is 31.0 Å². The maximum absolute atomic E-state index is 13.4. The molecule has 1 aliphatic heterocycles. The molecule has 2 nitrogen and oxygen atoms in total. The van der Waals surface area contributed by atoms with Gasteiger partial charge < -0.3 is 5.32 Å². The fraction of sp³-hybridized carbons (Fsp3) is 0.467. The minimum atomic E-state index is -0.158. The average Bonchev–Trinajstić information content (AvgIpc) is 2.37. The van der Waals surface area contributed by atoms with Crippen molar-refractivity contribution in [2.24, 2.45) is 0 Å². The molecule has 1 saturated heterocycles. The van der Waals surface area contributed by atoms with E-state index < -0.39 is 0 Å². The third kappa shape index (κ3) is 3.40. The van der Waals surface area contributed by atoms with Gasteiger partial charge in [0, 0.05) is 32.2 Å². The third-order valence-electron chi connectivity index (χ3n) is 3.37. The molecule has 1 aromatic rings. The first-order valence-electron chi connectivity index (χ1n) is 6.51. The van der Waals surface area contributed by atoms with E-state index in [2.05, 4.69) is 16.8 Å². The lowest BCUT2D eigenvalue weighted by atomic mass is 9.98. The molecule has 1 atom stereocenters. The predicted octanol–water partition coefficient (Wildman–Crippen LogP) is 2.74. The number of rotatable bonds is 4. The van der Waals surface area contributed by atoms with Crippen LogP contribution in [0, 0.1) is 5.82 Å². The zero-order chi connectivity index (χ0) is 13.0. The first-order chi connectivity index (χ1) is 8.66. The molecule has 0 unspecified atom stereocenters. The van der Waals surface area contributed by atoms with Gasteiger partial charge in [0.15, 0.2) is 0 Å². The zero-order valence-electron chi connectivity index (χ0n) is 11.0. The highest BCUT2D eigenvalue weighted by molar-refractivity contribution is 5.22. The molecule has 0 aliphatic carbocycles. The normalized spacial score (nSPS) is 18.6. The molecule has 1 heterocycles. The zero-order valence-corrected chi connectivity index (χ0v) is 11.0. The summed E-state index contributed by atoms with van der Waals surface area (Å²) >= 11 is 0. The predicted molar refractivity (Wildman–Crippen MR) is 73.0 cm³/mol. The van der Waals surface area contributed by atoms with Crippen molar-refractivity contribution in [2.75, 3.05) is 26.2 Å². The largest absolute Gasteiger partial charge is 0.314 e. The van der Waals surface area contributed by atoms with Gasteiger partial charge in [0.2, 0.25) is 0 Å². The quantitative estimate of drug-likeness (QED) is 0.824. The Morgan fingerprint density at radius 3 is 2.78 bits per heavy atom. The molecule has 0 spiro atoms. The lowest BCUT2D eigenvalue weighted by Crippen LogP contribution is -2.45. The minimum absolute atomic E-state index is 0.158. The summed E-state index contributed by atoms with van der Waals surface area (Å²) in [6, 6.07) is 7.20. The molecular formula is C15H21FN2. The Labute approximate surface area is 108 Å². The van der Waals surface area contributed by atoms with Crippen molar-refractivity contribution in [1.82, 2.24) is 10.2 Å². The molecule has 1 aliphatic rings. The van der Waals surface area contributed by atoms with Gasteiger partial charge in [0.1, 0.15) is 5.82 Å². The lowest BCUT2D eigenvalue weighted by molar-refractivity contribution is 0.172. The summed E-state index contributed by atoms with van der Waals surface area (Å²) in [5, 5.41) is 3.35. The highest BCUT2D eigenvalue weighted by Gasteiger charge is 2.22. The van der Waals surface area contributed by atoms with E-state index in [1.165, 1.54) is 6.07 Å². The topological polar surface area (TPSA) is 15.3 Å². The lowest BCUT2D eigenvalue weighted by Gasteiger charge is -2.35. The Hall–Kier alpha value is -1.19. The average molecular weight is 248 g/mol. The molecule has 0 amide bonds. The summed E-state index contributed by atoms with van der Waals surface area (Å²) < 4.78 is 13.4. The van der Waals surface area contributed by atoms with Gasteiger partial charge in [-0.25, -0.2) is 4.39 Å². The van der Waals surface area contributed by atoms with Crippen LogP contribution in [-0.4, -0.2) is 31.1 Å². The summed E-state index contributed by atoms with van der Waals surface area (Å²) in [5.41, 5.74) is 2.20. The van der Waals surface area contributed by atoms with Crippen molar-refractivity contribution in [3.63, 3.8) is 0 Å². The van der Waals surface area contributed by atoms with Gasteiger partial charge in [-0.15, -0.1) is 6.58 Å². The van der Waals surface area contributed by atoms with Crippen molar-refractivity contribution in [3.05, 3.63) is 47.8 Å². The standard InChI is InChI=1S/C15H21FN2/c1-12(2)10-15(18-8-6-17-7-9-18)13-4-3-5-14(16)11-13/h3-5,11,15,17H,1,6-10H2,2H3/t15-/m0/s1.